The third-order valence-electron chi connectivity index (χ3n) is 2.04. The Balaban J connectivity index is 2.20. The third kappa shape index (κ3) is 2.19. The first-order chi connectivity index (χ1) is 6.45. The molecule has 2 aliphatic carbocycles. The van der Waals surface area contributed by atoms with Crippen LogP contribution in [0.5, 0.6) is 0 Å². The van der Waals surface area contributed by atoms with Crippen molar-refractivity contribution in [1.82, 2.24) is 0 Å². The fraction of sp³-hybridized carbons (Fsp3) is 0.0769. The van der Waals surface area contributed by atoms with E-state index >= 15 is 0 Å². The van der Waals surface area contributed by atoms with Gasteiger partial charge in [0.15, 0.2) is 0 Å². The van der Waals surface area contributed by atoms with Crippen LogP contribution < -0.4 is 0 Å². The maximum Gasteiger partial charge on any atom is -0.0157 e. The van der Waals surface area contributed by atoms with Gasteiger partial charge in [-0.05, 0) is 23.6 Å². The molecule has 0 unspecified atom stereocenters. The van der Waals surface area contributed by atoms with Crippen molar-refractivity contribution in [2.24, 2.45) is 0 Å². The first-order valence-corrected chi connectivity index (χ1v) is 4.55. The van der Waals surface area contributed by atoms with Crippen molar-refractivity contribution < 1.29 is 0 Å². The highest BCUT2D eigenvalue weighted by Crippen LogP contribution is 2.14. The molecule has 0 spiro atoms. The summed E-state index contributed by atoms with van der Waals surface area (Å²) in [6.07, 6.45) is 22.3. The molecule has 0 aromatic heterocycles. The lowest BCUT2D eigenvalue weighted by Gasteiger charge is -1.92. The second kappa shape index (κ2) is 3.90. The fourth-order valence-corrected chi connectivity index (χ4v) is 1.39. The monoisotopic (exact) mass is 168 g/mol. The van der Waals surface area contributed by atoms with Crippen LogP contribution in [0.2, 0.25) is 0 Å². The van der Waals surface area contributed by atoms with Crippen molar-refractivity contribution in [2.45, 2.75) is 6.42 Å². The largest absolute Gasteiger partial charge is 0.0801 e. The van der Waals surface area contributed by atoms with E-state index in [1.165, 1.54) is 11.1 Å². The first-order valence-electron chi connectivity index (χ1n) is 4.55. The Labute approximate surface area is 79.0 Å². The molecule has 0 heterocycles. The molecule has 0 atom stereocenters. The van der Waals surface area contributed by atoms with Crippen molar-refractivity contribution in [3.05, 3.63) is 71.9 Å². The van der Waals surface area contributed by atoms with Crippen LogP contribution in [0.25, 0.3) is 0 Å². The summed E-state index contributed by atoms with van der Waals surface area (Å²) in [7, 11) is 0. The molecule has 0 saturated carbocycles. The summed E-state index contributed by atoms with van der Waals surface area (Å²) in [6.45, 7) is 0. The maximum atomic E-state index is 2.23. The third-order valence-corrected chi connectivity index (χ3v) is 2.04. The zero-order valence-electron chi connectivity index (χ0n) is 7.48. The number of hydrogen-bond acceptors (Lipinski definition) is 0. The summed E-state index contributed by atoms with van der Waals surface area (Å²) in [5.74, 6) is 0. The van der Waals surface area contributed by atoms with Crippen molar-refractivity contribution >= 4 is 0 Å². The zero-order chi connectivity index (χ0) is 8.93. The van der Waals surface area contributed by atoms with Crippen LogP contribution in [0.4, 0.5) is 0 Å². The van der Waals surface area contributed by atoms with Gasteiger partial charge in [-0.25, -0.2) is 0 Å². The van der Waals surface area contributed by atoms with Crippen LogP contribution in [-0.4, -0.2) is 0 Å². The summed E-state index contributed by atoms with van der Waals surface area (Å²) >= 11 is 0. The van der Waals surface area contributed by atoms with Gasteiger partial charge < -0.3 is 0 Å². The van der Waals surface area contributed by atoms with Gasteiger partial charge in [-0.2, -0.15) is 0 Å². The van der Waals surface area contributed by atoms with Crippen LogP contribution in [0.15, 0.2) is 71.9 Å². The molecular formula is C13H12. The Hall–Kier alpha value is -1.56. The van der Waals surface area contributed by atoms with Crippen LogP contribution >= 0.6 is 0 Å². The van der Waals surface area contributed by atoms with Gasteiger partial charge in [0, 0.05) is 0 Å². The van der Waals surface area contributed by atoms with E-state index in [0.29, 0.717) is 0 Å². The average Bonchev–Trinajstić information content (AvgIpc) is 2.49. The highest BCUT2D eigenvalue weighted by molar-refractivity contribution is 5.46. The predicted octanol–water partition coefficient (Wildman–Crippen LogP) is 3.48. The Morgan fingerprint density at radius 1 is 0.923 bits per heavy atom. The zero-order valence-corrected chi connectivity index (χ0v) is 7.48. The Morgan fingerprint density at radius 3 is 2.31 bits per heavy atom. The molecule has 0 amide bonds. The second-order valence-corrected chi connectivity index (χ2v) is 3.09. The summed E-state index contributed by atoms with van der Waals surface area (Å²) in [5.41, 5.74) is 2.56. The summed E-state index contributed by atoms with van der Waals surface area (Å²) < 4.78 is 0. The molecule has 0 aromatic rings. The van der Waals surface area contributed by atoms with Crippen molar-refractivity contribution in [2.75, 3.05) is 0 Å². The van der Waals surface area contributed by atoms with E-state index in [-0.39, 0.29) is 0 Å². The van der Waals surface area contributed by atoms with Gasteiger partial charge in [0.1, 0.15) is 0 Å². The molecular weight excluding hydrogens is 156 g/mol. The molecule has 0 aliphatic heterocycles. The highest BCUT2D eigenvalue weighted by atomic mass is 14.0. The molecule has 0 aromatic carbocycles. The second-order valence-electron chi connectivity index (χ2n) is 3.09. The van der Waals surface area contributed by atoms with E-state index in [0.717, 1.165) is 6.42 Å². The molecule has 2 aliphatic rings. The number of rotatable bonds is 1. The van der Waals surface area contributed by atoms with Gasteiger partial charge >= 0.3 is 0 Å². The lowest BCUT2D eigenvalue weighted by molar-refractivity contribution is 1.44. The van der Waals surface area contributed by atoms with Gasteiger partial charge in [0.25, 0.3) is 0 Å². The van der Waals surface area contributed by atoms with E-state index in [1.54, 1.807) is 0 Å². The van der Waals surface area contributed by atoms with Gasteiger partial charge in [-0.3, -0.25) is 0 Å². The smallest absolute Gasteiger partial charge is 0.0157 e. The van der Waals surface area contributed by atoms with E-state index in [4.69, 9.17) is 0 Å². The van der Waals surface area contributed by atoms with Crippen molar-refractivity contribution in [3.8, 4) is 0 Å². The van der Waals surface area contributed by atoms with Crippen LogP contribution in [0.3, 0.4) is 0 Å². The van der Waals surface area contributed by atoms with Gasteiger partial charge in [-0.1, -0.05) is 54.7 Å². The fourth-order valence-electron chi connectivity index (χ4n) is 1.39. The summed E-state index contributed by atoms with van der Waals surface area (Å²) in [6, 6.07) is 0. The molecule has 13 heavy (non-hydrogen) atoms. The summed E-state index contributed by atoms with van der Waals surface area (Å²) in [4.78, 5) is 0. The molecule has 0 N–H and O–H groups in total. The van der Waals surface area contributed by atoms with Gasteiger partial charge in [-0.15, -0.1) is 0 Å². The molecule has 2 rings (SSSR count). The number of allylic oxidation sites excluding steroid dienone is 12. The lowest BCUT2D eigenvalue weighted by atomic mass is 10.1. The van der Waals surface area contributed by atoms with E-state index < -0.39 is 0 Å². The van der Waals surface area contributed by atoms with E-state index in [1.807, 2.05) is 12.2 Å². The van der Waals surface area contributed by atoms with Crippen LogP contribution in [0.1, 0.15) is 6.42 Å². The molecule has 0 bridgehead atoms. The first kappa shape index (κ1) is 8.06. The molecule has 64 valence electrons. The molecule has 0 saturated heterocycles. The average molecular weight is 168 g/mol. The normalized spacial score (nSPS) is 19.1. The Morgan fingerprint density at radius 2 is 1.69 bits per heavy atom. The van der Waals surface area contributed by atoms with E-state index in [9.17, 15) is 0 Å². The quantitative estimate of drug-likeness (QED) is 0.562. The van der Waals surface area contributed by atoms with Crippen molar-refractivity contribution in [3.63, 3.8) is 0 Å². The minimum Gasteiger partial charge on any atom is -0.0801 e. The van der Waals surface area contributed by atoms with Gasteiger partial charge in [0.2, 0.25) is 0 Å². The van der Waals surface area contributed by atoms with E-state index in [2.05, 4.69) is 48.6 Å². The Kier molecular flexibility index (Phi) is 2.42. The molecule has 0 nitrogen and oxygen atoms in total. The topological polar surface area (TPSA) is 0 Å². The molecule has 0 heteroatoms. The maximum absolute atomic E-state index is 2.23. The lowest BCUT2D eigenvalue weighted by Crippen LogP contribution is -1.73. The SMILES string of the molecule is C1=CC=CC(=CC2=CCC=C2)C=C1. The van der Waals surface area contributed by atoms with Crippen LogP contribution in [-0.2, 0) is 0 Å². The van der Waals surface area contributed by atoms with Crippen LogP contribution in [0, 0.1) is 0 Å². The number of hydrogen-bond donors (Lipinski definition) is 0. The standard InChI is InChI=1S/C13H12/c1-2-4-8-12(7-3-1)11-13-9-5-6-10-13/h1-5,7-11H,6H2. The Bertz CT molecular complexity index is 339. The predicted molar refractivity (Wildman–Crippen MR) is 57.3 cm³/mol. The minimum absolute atomic E-state index is 1.07. The highest BCUT2D eigenvalue weighted by Gasteiger charge is 1.94. The molecule has 0 radical (unpaired) electrons. The minimum atomic E-state index is 1.07. The molecule has 0 fully saturated rings. The summed E-state index contributed by atoms with van der Waals surface area (Å²) in [5, 5.41) is 0. The van der Waals surface area contributed by atoms with Crippen molar-refractivity contribution in [1.29, 1.82) is 0 Å². The van der Waals surface area contributed by atoms with Gasteiger partial charge in [0.05, 0.1) is 0 Å².